The van der Waals surface area contributed by atoms with Crippen LogP contribution >= 0.6 is 27.3 Å². The zero-order valence-corrected chi connectivity index (χ0v) is 12.9. The summed E-state index contributed by atoms with van der Waals surface area (Å²) >= 11 is 4.12. The lowest BCUT2D eigenvalue weighted by Gasteiger charge is -2.12. The summed E-state index contributed by atoms with van der Waals surface area (Å²) < 4.78 is 55.8. The molecular formula is C11H8BrF2NO3S2. The molecule has 0 spiro atoms. The van der Waals surface area contributed by atoms with E-state index in [1.54, 1.807) is 11.4 Å². The van der Waals surface area contributed by atoms with Crippen LogP contribution in [0.15, 0.2) is 44.4 Å². The molecule has 0 radical (unpaired) electrons. The smallest absolute Gasteiger partial charge is 0.387 e. The molecule has 20 heavy (non-hydrogen) atoms. The van der Waals surface area contributed by atoms with Gasteiger partial charge in [0.15, 0.2) is 4.21 Å². The van der Waals surface area contributed by atoms with Crippen molar-refractivity contribution in [3.05, 3.63) is 40.2 Å². The summed E-state index contributed by atoms with van der Waals surface area (Å²) in [6.45, 7) is -3.03. The van der Waals surface area contributed by atoms with Gasteiger partial charge in [0.05, 0.1) is 5.69 Å². The van der Waals surface area contributed by atoms with Gasteiger partial charge in [-0.25, -0.2) is 8.42 Å². The van der Waals surface area contributed by atoms with Crippen LogP contribution in [0.4, 0.5) is 14.5 Å². The van der Waals surface area contributed by atoms with Crippen LogP contribution in [-0.2, 0) is 10.0 Å². The standard InChI is InChI=1S/C11H8BrF2NO3S2/c12-7-5-6-19-10(7)20(16,17)15-8-3-1-2-4-9(8)18-11(13)14/h1-6,11,15H. The highest BCUT2D eigenvalue weighted by atomic mass is 79.9. The SMILES string of the molecule is O=S(=O)(Nc1ccccc1OC(F)F)c1sccc1Br. The lowest BCUT2D eigenvalue weighted by atomic mass is 10.3. The van der Waals surface area contributed by atoms with Crippen molar-refractivity contribution in [3.8, 4) is 5.75 Å². The van der Waals surface area contributed by atoms with E-state index in [0.717, 1.165) is 11.3 Å². The van der Waals surface area contributed by atoms with Crippen LogP contribution in [0.5, 0.6) is 5.75 Å². The van der Waals surface area contributed by atoms with Gasteiger partial charge in [0.2, 0.25) is 0 Å². The van der Waals surface area contributed by atoms with E-state index in [1.165, 1.54) is 24.3 Å². The highest BCUT2D eigenvalue weighted by Gasteiger charge is 2.21. The molecule has 0 bridgehead atoms. The van der Waals surface area contributed by atoms with Crippen molar-refractivity contribution in [2.75, 3.05) is 4.72 Å². The molecule has 0 aliphatic heterocycles. The van der Waals surface area contributed by atoms with E-state index in [1.807, 2.05) is 0 Å². The van der Waals surface area contributed by atoms with Gasteiger partial charge in [0, 0.05) is 4.47 Å². The summed E-state index contributed by atoms with van der Waals surface area (Å²) in [6.07, 6.45) is 0. The molecule has 0 saturated heterocycles. The van der Waals surface area contributed by atoms with Gasteiger partial charge in [-0.15, -0.1) is 11.3 Å². The van der Waals surface area contributed by atoms with E-state index >= 15 is 0 Å². The number of para-hydroxylation sites is 2. The van der Waals surface area contributed by atoms with Crippen molar-refractivity contribution < 1.29 is 21.9 Å². The quantitative estimate of drug-likeness (QED) is 0.851. The minimum absolute atomic E-state index is 0.0481. The number of hydrogen-bond donors (Lipinski definition) is 1. The molecular weight excluding hydrogens is 376 g/mol. The molecule has 0 aliphatic carbocycles. The third-order valence-electron chi connectivity index (χ3n) is 2.18. The van der Waals surface area contributed by atoms with Crippen molar-refractivity contribution in [2.45, 2.75) is 10.8 Å². The molecule has 0 saturated carbocycles. The van der Waals surface area contributed by atoms with Crippen LogP contribution < -0.4 is 9.46 Å². The second kappa shape index (κ2) is 6.06. The first-order valence-corrected chi connectivity index (χ1v) is 8.35. The maximum atomic E-state index is 12.3. The Hall–Kier alpha value is -1.19. The van der Waals surface area contributed by atoms with Crippen molar-refractivity contribution >= 4 is 43.0 Å². The largest absolute Gasteiger partial charge is 0.433 e. The summed E-state index contributed by atoms with van der Waals surface area (Å²) in [5, 5.41) is 1.60. The fraction of sp³-hybridized carbons (Fsp3) is 0.0909. The second-order valence-corrected chi connectivity index (χ2v) is 7.18. The van der Waals surface area contributed by atoms with Crippen LogP contribution in [0, 0.1) is 0 Å². The van der Waals surface area contributed by atoms with Crippen molar-refractivity contribution in [2.24, 2.45) is 0 Å². The molecule has 1 N–H and O–H groups in total. The zero-order chi connectivity index (χ0) is 14.8. The lowest BCUT2D eigenvalue weighted by Crippen LogP contribution is -2.14. The summed E-state index contributed by atoms with van der Waals surface area (Å²) in [5.41, 5.74) is -0.0481. The Balaban J connectivity index is 2.33. The van der Waals surface area contributed by atoms with Gasteiger partial charge in [-0.05, 0) is 39.5 Å². The molecule has 0 fully saturated rings. The summed E-state index contributed by atoms with van der Waals surface area (Å²) in [6, 6.07) is 7.17. The number of benzene rings is 1. The van der Waals surface area contributed by atoms with Crippen LogP contribution in [0.25, 0.3) is 0 Å². The van der Waals surface area contributed by atoms with Crippen molar-refractivity contribution in [3.63, 3.8) is 0 Å². The van der Waals surface area contributed by atoms with E-state index in [-0.39, 0.29) is 15.6 Å². The molecule has 108 valence electrons. The number of ether oxygens (including phenoxy) is 1. The Kier molecular flexibility index (Phi) is 4.61. The Morgan fingerprint density at radius 3 is 2.55 bits per heavy atom. The Morgan fingerprint density at radius 2 is 1.95 bits per heavy atom. The van der Waals surface area contributed by atoms with E-state index in [9.17, 15) is 17.2 Å². The number of halogens is 3. The van der Waals surface area contributed by atoms with Crippen LogP contribution in [0.2, 0.25) is 0 Å². The minimum Gasteiger partial charge on any atom is -0.433 e. The monoisotopic (exact) mass is 383 g/mol. The molecule has 4 nitrogen and oxygen atoms in total. The van der Waals surface area contributed by atoms with E-state index < -0.39 is 16.6 Å². The highest BCUT2D eigenvalue weighted by molar-refractivity contribution is 9.10. The minimum atomic E-state index is -3.86. The number of rotatable bonds is 5. The van der Waals surface area contributed by atoms with E-state index in [2.05, 4.69) is 25.4 Å². The topological polar surface area (TPSA) is 55.4 Å². The van der Waals surface area contributed by atoms with Crippen LogP contribution in [0.1, 0.15) is 0 Å². The lowest BCUT2D eigenvalue weighted by molar-refractivity contribution is -0.0493. The van der Waals surface area contributed by atoms with Crippen molar-refractivity contribution in [1.82, 2.24) is 0 Å². The summed E-state index contributed by atoms with van der Waals surface area (Å²) in [4.78, 5) is 0. The van der Waals surface area contributed by atoms with E-state index in [4.69, 9.17) is 0 Å². The fourth-order valence-electron chi connectivity index (χ4n) is 1.41. The maximum Gasteiger partial charge on any atom is 0.387 e. The first kappa shape index (κ1) is 15.2. The van der Waals surface area contributed by atoms with Crippen LogP contribution in [-0.4, -0.2) is 15.0 Å². The van der Waals surface area contributed by atoms with Gasteiger partial charge in [0.25, 0.3) is 10.0 Å². The Morgan fingerprint density at radius 1 is 1.25 bits per heavy atom. The van der Waals surface area contributed by atoms with E-state index in [0.29, 0.717) is 4.47 Å². The van der Waals surface area contributed by atoms with Crippen molar-refractivity contribution in [1.29, 1.82) is 0 Å². The molecule has 0 unspecified atom stereocenters. The molecule has 1 heterocycles. The normalized spacial score (nSPS) is 11.6. The van der Waals surface area contributed by atoms with Gasteiger partial charge in [-0.3, -0.25) is 4.72 Å². The second-order valence-electron chi connectivity index (χ2n) is 3.54. The van der Waals surface area contributed by atoms with Gasteiger partial charge >= 0.3 is 6.61 Å². The third kappa shape index (κ3) is 3.47. The zero-order valence-electron chi connectivity index (χ0n) is 9.72. The predicted molar refractivity (Wildman–Crippen MR) is 75.9 cm³/mol. The molecule has 9 heteroatoms. The highest BCUT2D eigenvalue weighted by Crippen LogP contribution is 2.32. The summed E-state index contributed by atoms with van der Waals surface area (Å²) in [7, 11) is -3.86. The average molecular weight is 384 g/mol. The number of nitrogens with one attached hydrogen (secondary N) is 1. The molecule has 1 aromatic carbocycles. The third-order valence-corrected chi connectivity index (χ3v) is 6.21. The van der Waals surface area contributed by atoms with Crippen LogP contribution in [0.3, 0.4) is 0 Å². The molecule has 0 aliphatic rings. The first-order valence-electron chi connectivity index (χ1n) is 5.20. The number of thiophene rings is 1. The Bertz CT molecular complexity index is 703. The number of sulfonamides is 1. The number of alkyl halides is 2. The molecule has 1 aromatic heterocycles. The number of hydrogen-bond acceptors (Lipinski definition) is 4. The van der Waals surface area contributed by atoms with Gasteiger partial charge in [0.1, 0.15) is 5.75 Å². The average Bonchev–Trinajstić information content (AvgIpc) is 2.78. The van der Waals surface area contributed by atoms with Gasteiger partial charge in [-0.2, -0.15) is 8.78 Å². The molecule has 2 rings (SSSR count). The predicted octanol–water partition coefficient (Wildman–Crippen LogP) is 3.91. The maximum absolute atomic E-state index is 12.3. The summed E-state index contributed by atoms with van der Waals surface area (Å²) in [5.74, 6) is -0.237. The number of anilines is 1. The fourth-order valence-corrected chi connectivity index (χ4v) is 4.82. The molecule has 0 amide bonds. The molecule has 2 aromatic rings. The molecule has 0 atom stereocenters. The first-order chi connectivity index (χ1) is 9.40. The Labute approximate surface area is 126 Å². The van der Waals surface area contributed by atoms with Gasteiger partial charge < -0.3 is 4.74 Å². The van der Waals surface area contributed by atoms with Gasteiger partial charge in [-0.1, -0.05) is 12.1 Å².